The lowest BCUT2D eigenvalue weighted by molar-refractivity contribution is -0.140. The van der Waals surface area contributed by atoms with E-state index in [1.807, 2.05) is 0 Å². The fourth-order valence-electron chi connectivity index (χ4n) is 4.11. The van der Waals surface area contributed by atoms with Gasteiger partial charge in [-0.25, -0.2) is 12.8 Å². The number of hydrogen-bond acceptors (Lipinski definition) is 6. The minimum absolute atomic E-state index is 0.0325. The number of ether oxygens (including phenoxy) is 1. The van der Waals surface area contributed by atoms with E-state index in [-0.39, 0.29) is 28.8 Å². The number of aryl methyl sites for hydroxylation is 1. The third-order valence-corrected chi connectivity index (χ3v) is 7.83. The summed E-state index contributed by atoms with van der Waals surface area (Å²) in [6.45, 7) is 4.03. The molecule has 0 bridgehead atoms. The number of aromatic nitrogens is 1. The van der Waals surface area contributed by atoms with Crippen LogP contribution in [0.3, 0.4) is 0 Å². The number of carbonyl (C=O) groups excluding carboxylic acids is 1. The molecule has 2 aromatic rings. The van der Waals surface area contributed by atoms with Crippen molar-refractivity contribution in [2.75, 3.05) is 39.4 Å². The maximum Gasteiger partial charge on any atom is 0.248 e. The Kier molecular flexibility index (Phi) is 6.73. The van der Waals surface area contributed by atoms with E-state index in [0.29, 0.717) is 51.3 Å². The quantitative estimate of drug-likeness (QED) is 0.677. The summed E-state index contributed by atoms with van der Waals surface area (Å²) < 4.78 is 52.8. The van der Waals surface area contributed by atoms with Gasteiger partial charge < -0.3 is 14.2 Å². The minimum atomic E-state index is -3.96. The van der Waals surface area contributed by atoms with E-state index >= 15 is 0 Å². The smallest absolute Gasteiger partial charge is 0.248 e. The summed E-state index contributed by atoms with van der Waals surface area (Å²) in [7, 11) is -3.96. The molecule has 1 amide bonds. The third-order valence-electron chi connectivity index (χ3n) is 5.81. The number of morpholine rings is 1. The number of amides is 1. The highest BCUT2D eigenvalue weighted by atomic mass is 32.2. The number of hydrogen-bond donors (Lipinski definition) is 0. The standard InChI is InChI=1S/C22H26FN3O5S/c1-16-21(20(31-24-16)9-8-17-5-2-3-7-19(17)23)32(28,29)26-10-4-6-18(15-26)22(27)25-11-13-30-14-12-25/h2-3,5,7-9,18H,4,6,10-15H2,1H3/b9-8+. The molecule has 1 unspecified atom stereocenters. The number of sulfonamides is 1. The summed E-state index contributed by atoms with van der Waals surface area (Å²) in [5.74, 6) is -0.818. The first-order valence-corrected chi connectivity index (χ1v) is 12.1. The van der Waals surface area contributed by atoms with Gasteiger partial charge in [-0.05, 0) is 38.0 Å². The van der Waals surface area contributed by atoms with Gasteiger partial charge in [0.25, 0.3) is 0 Å². The van der Waals surface area contributed by atoms with Crippen molar-refractivity contribution in [1.82, 2.24) is 14.4 Å². The van der Waals surface area contributed by atoms with Crippen LogP contribution in [-0.2, 0) is 19.6 Å². The summed E-state index contributed by atoms with van der Waals surface area (Å²) in [6, 6.07) is 6.16. The van der Waals surface area contributed by atoms with Crippen molar-refractivity contribution in [3.05, 3.63) is 47.1 Å². The molecule has 32 heavy (non-hydrogen) atoms. The number of benzene rings is 1. The number of halogens is 1. The largest absolute Gasteiger partial charge is 0.378 e. The van der Waals surface area contributed by atoms with Crippen LogP contribution < -0.4 is 0 Å². The molecule has 2 aliphatic heterocycles. The van der Waals surface area contributed by atoms with E-state index in [9.17, 15) is 17.6 Å². The van der Waals surface area contributed by atoms with Crippen molar-refractivity contribution in [2.24, 2.45) is 5.92 Å². The van der Waals surface area contributed by atoms with Crippen LogP contribution in [0.1, 0.15) is 29.9 Å². The molecular weight excluding hydrogens is 437 g/mol. The van der Waals surface area contributed by atoms with Crippen molar-refractivity contribution in [3.63, 3.8) is 0 Å². The van der Waals surface area contributed by atoms with Crippen LogP contribution in [0.25, 0.3) is 12.2 Å². The van der Waals surface area contributed by atoms with Crippen molar-refractivity contribution >= 4 is 28.1 Å². The molecule has 3 heterocycles. The maximum absolute atomic E-state index is 13.9. The summed E-state index contributed by atoms with van der Waals surface area (Å²) in [5, 5.41) is 3.83. The van der Waals surface area contributed by atoms with E-state index in [1.165, 1.54) is 22.5 Å². The number of rotatable bonds is 5. The van der Waals surface area contributed by atoms with Crippen LogP contribution >= 0.6 is 0 Å². The lowest BCUT2D eigenvalue weighted by Crippen LogP contribution is -2.49. The molecule has 10 heteroatoms. The summed E-state index contributed by atoms with van der Waals surface area (Å²) in [6.07, 6.45) is 4.09. The van der Waals surface area contributed by atoms with Gasteiger partial charge in [0.2, 0.25) is 15.9 Å². The van der Waals surface area contributed by atoms with Crippen LogP contribution in [-0.4, -0.2) is 68.1 Å². The van der Waals surface area contributed by atoms with Crippen LogP contribution in [0.5, 0.6) is 0 Å². The van der Waals surface area contributed by atoms with E-state index in [4.69, 9.17) is 9.26 Å². The fraction of sp³-hybridized carbons (Fsp3) is 0.455. The number of carbonyl (C=O) groups is 1. The third kappa shape index (κ3) is 4.62. The Balaban J connectivity index is 1.56. The Labute approximate surface area is 186 Å². The zero-order valence-electron chi connectivity index (χ0n) is 17.9. The number of nitrogens with zero attached hydrogens (tertiary/aromatic N) is 3. The fourth-order valence-corrected chi connectivity index (χ4v) is 5.88. The van der Waals surface area contributed by atoms with Gasteiger partial charge in [0.15, 0.2) is 10.7 Å². The second-order valence-electron chi connectivity index (χ2n) is 7.96. The molecule has 0 saturated carbocycles. The van der Waals surface area contributed by atoms with E-state index in [2.05, 4.69) is 5.16 Å². The predicted molar refractivity (Wildman–Crippen MR) is 115 cm³/mol. The average Bonchev–Trinajstić information content (AvgIpc) is 3.20. The van der Waals surface area contributed by atoms with Gasteiger partial charge in [-0.3, -0.25) is 4.79 Å². The summed E-state index contributed by atoms with van der Waals surface area (Å²) >= 11 is 0. The molecule has 4 rings (SSSR count). The Hall–Kier alpha value is -2.56. The zero-order valence-corrected chi connectivity index (χ0v) is 18.7. The SMILES string of the molecule is Cc1noc(/C=C/c2ccccc2F)c1S(=O)(=O)N1CCCC(C(=O)N2CCOCC2)C1. The molecule has 172 valence electrons. The van der Waals surface area contributed by atoms with Crippen LogP contribution in [0, 0.1) is 18.7 Å². The first kappa shape index (κ1) is 22.6. The molecule has 1 atom stereocenters. The summed E-state index contributed by atoms with van der Waals surface area (Å²) in [5.41, 5.74) is 0.527. The normalized spacial score (nSPS) is 20.7. The van der Waals surface area contributed by atoms with Gasteiger partial charge in [-0.15, -0.1) is 0 Å². The molecule has 2 aliphatic rings. The maximum atomic E-state index is 13.9. The lowest BCUT2D eigenvalue weighted by Gasteiger charge is -2.35. The highest BCUT2D eigenvalue weighted by molar-refractivity contribution is 7.89. The molecule has 1 aromatic heterocycles. The predicted octanol–water partition coefficient (Wildman–Crippen LogP) is 2.55. The van der Waals surface area contributed by atoms with Crippen molar-refractivity contribution in [1.29, 1.82) is 0 Å². The first-order valence-electron chi connectivity index (χ1n) is 10.6. The molecule has 2 fully saturated rings. The van der Waals surface area contributed by atoms with Gasteiger partial charge in [0, 0.05) is 31.7 Å². The zero-order chi connectivity index (χ0) is 22.7. The molecule has 2 saturated heterocycles. The molecule has 0 spiro atoms. The average molecular weight is 464 g/mol. The second-order valence-corrected chi connectivity index (χ2v) is 9.83. The van der Waals surface area contributed by atoms with Crippen molar-refractivity contribution < 1.29 is 26.9 Å². The van der Waals surface area contributed by atoms with Crippen LogP contribution in [0.4, 0.5) is 4.39 Å². The minimum Gasteiger partial charge on any atom is -0.378 e. The number of piperidine rings is 1. The molecule has 8 nitrogen and oxygen atoms in total. The molecule has 0 N–H and O–H groups in total. The van der Waals surface area contributed by atoms with Gasteiger partial charge >= 0.3 is 0 Å². The first-order chi connectivity index (χ1) is 15.4. The van der Waals surface area contributed by atoms with Crippen molar-refractivity contribution in [3.8, 4) is 0 Å². The molecule has 1 aromatic carbocycles. The highest BCUT2D eigenvalue weighted by Crippen LogP contribution is 2.30. The van der Waals surface area contributed by atoms with E-state index < -0.39 is 21.8 Å². The monoisotopic (exact) mass is 463 g/mol. The van der Waals surface area contributed by atoms with Crippen LogP contribution in [0.2, 0.25) is 0 Å². The highest BCUT2D eigenvalue weighted by Gasteiger charge is 2.38. The topological polar surface area (TPSA) is 93.0 Å². The van der Waals surface area contributed by atoms with E-state index in [0.717, 1.165) is 0 Å². The molecule has 0 radical (unpaired) electrons. The Morgan fingerprint density at radius 2 is 1.94 bits per heavy atom. The van der Waals surface area contributed by atoms with Gasteiger partial charge in [0.05, 0.1) is 19.1 Å². The van der Waals surface area contributed by atoms with Crippen molar-refractivity contribution in [2.45, 2.75) is 24.7 Å². The Morgan fingerprint density at radius 3 is 2.69 bits per heavy atom. The van der Waals surface area contributed by atoms with Gasteiger partial charge in [-0.1, -0.05) is 23.4 Å². The van der Waals surface area contributed by atoms with E-state index in [1.54, 1.807) is 30.0 Å². The lowest BCUT2D eigenvalue weighted by atomic mass is 9.98. The Morgan fingerprint density at radius 1 is 1.19 bits per heavy atom. The molecule has 0 aliphatic carbocycles. The van der Waals surface area contributed by atoms with Gasteiger partial charge in [-0.2, -0.15) is 4.31 Å². The summed E-state index contributed by atoms with van der Waals surface area (Å²) in [4.78, 5) is 14.6. The molecular formula is C22H26FN3O5S. The second kappa shape index (κ2) is 9.51. The van der Waals surface area contributed by atoms with Gasteiger partial charge in [0.1, 0.15) is 11.5 Å². The van der Waals surface area contributed by atoms with Crippen LogP contribution in [0.15, 0.2) is 33.7 Å². The Bertz CT molecular complexity index is 1110.